The molecule has 0 spiro atoms. The predicted molar refractivity (Wildman–Crippen MR) is 65.1 cm³/mol. The van der Waals surface area contributed by atoms with Crippen molar-refractivity contribution in [1.29, 1.82) is 5.26 Å². The molecular formula is C13H11NOS. The van der Waals surface area contributed by atoms with E-state index in [0.717, 1.165) is 11.1 Å². The van der Waals surface area contributed by atoms with Crippen molar-refractivity contribution in [1.82, 2.24) is 0 Å². The fourth-order valence-corrected chi connectivity index (χ4v) is 2.25. The van der Waals surface area contributed by atoms with Crippen LogP contribution in [0.15, 0.2) is 28.7 Å². The van der Waals surface area contributed by atoms with Gasteiger partial charge in [0.05, 0.1) is 12.5 Å². The van der Waals surface area contributed by atoms with E-state index >= 15 is 0 Å². The summed E-state index contributed by atoms with van der Waals surface area (Å²) in [7, 11) is 0. The third-order valence-corrected chi connectivity index (χ3v) is 3.39. The van der Waals surface area contributed by atoms with Gasteiger partial charge in [0.15, 0.2) is 5.78 Å². The SMILES string of the molecule is CSc1ccc2c(c1)C=C(C(=O)CC#N)C2. The van der Waals surface area contributed by atoms with E-state index in [-0.39, 0.29) is 12.2 Å². The molecule has 0 aliphatic heterocycles. The minimum absolute atomic E-state index is 0.0186. The number of rotatable bonds is 3. The van der Waals surface area contributed by atoms with Crippen molar-refractivity contribution in [3.8, 4) is 6.07 Å². The van der Waals surface area contributed by atoms with Crippen molar-refractivity contribution in [2.24, 2.45) is 0 Å². The largest absolute Gasteiger partial charge is 0.293 e. The molecule has 1 aromatic rings. The molecule has 1 aromatic carbocycles. The zero-order valence-electron chi connectivity index (χ0n) is 8.99. The Morgan fingerprint density at radius 3 is 3.06 bits per heavy atom. The molecular weight excluding hydrogens is 218 g/mol. The molecule has 0 fully saturated rings. The maximum atomic E-state index is 11.6. The van der Waals surface area contributed by atoms with Gasteiger partial charge in [0.1, 0.15) is 0 Å². The van der Waals surface area contributed by atoms with Crippen LogP contribution in [-0.2, 0) is 11.2 Å². The highest BCUT2D eigenvalue weighted by molar-refractivity contribution is 7.98. The number of Topliss-reactive ketones (excluding diaryl/α,β-unsaturated/α-hetero) is 1. The van der Waals surface area contributed by atoms with Crippen LogP contribution in [0.3, 0.4) is 0 Å². The molecule has 0 amide bonds. The molecule has 2 nitrogen and oxygen atoms in total. The van der Waals surface area contributed by atoms with E-state index in [1.54, 1.807) is 11.8 Å². The Kier molecular flexibility index (Phi) is 3.12. The first-order valence-corrected chi connectivity index (χ1v) is 6.24. The van der Waals surface area contributed by atoms with Gasteiger partial charge in [-0.15, -0.1) is 11.8 Å². The van der Waals surface area contributed by atoms with Gasteiger partial charge in [-0.2, -0.15) is 5.26 Å². The zero-order valence-corrected chi connectivity index (χ0v) is 9.80. The van der Waals surface area contributed by atoms with Crippen LogP contribution in [0.25, 0.3) is 6.08 Å². The molecule has 3 heteroatoms. The smallest absolute Gasteiger partial charge is 0.173 e. The average molecular weight is 229 g/mol. The average Bonchev–Trinajstić information content (AvgIpc) is 2.71. The quantitative estimate of drug-likeness (QED) is 0.748. The maximum Gasteiger partial charge on any atom is 0.173 e. The molecule has 0 heterocycles. The standard InChI is InChI=1S/C13H11NOS/c1-16-12-3-2-9-6-11(7-10(9)8-12)13(15)4-5-14/h2-3,7-8H,4,6H2,1H3. The first kappa shape index (κ1) is 11.0. The van der Waals surface area contributed by atoms with Crippen LogP contribution in [0, 0.1) is 11.3 Å². The molecule has 0 N–H and O–H groups in total. The number of hydrogen-bond donors (Lipinski definition) is 0. The third kappa shape index (κ3) is 2.02. The first-order valence-electron chi connectivity index (χ1n) is 5.02. The van der Waals surface area contributed by atoms with E-state index in [4.69, 9.17) is 5.26 Å². The van der Waals surface area contributed by atoms with E-state index in [2.05, 4.69) is 18.2 Å². The van der Waals surface area contributed by atoms with Crippen LogP contribution in [0.5, 0.6) is 0 Å². The van der Waals surface area contributed by atoms with Crippen molar-refractivity contribution < 1.29 is 4.79 Å². The Hall–Kier alpha value is -1.53. The molecule has 0 saturated carbocycles. The summed E-state index contributed by atoms with van der Waals surface area (Å²) in [6.07, 6.45) is 4.59. The number of nitriles is 1. The van der Waals surface area contributed by atoms with E-state index < -0.39 is 0 Å². The monoisotopic (exact) mass is 229 g/mol. The van der Waals surface area contributed by atoms with Gasteiger partial charge in [-0.1, -0.05) is 6.07 Å². The molecule has 0 aromatic heterocycles. The van der Waals surface area contributed by atoms with Crippen LogP contribution >= 0.6 is 11.8 Å². The molecule has 16 heavy (non-hydrogen) atoms. The summed E-state index contributed by atoms with van der Waals surface area (Å²) in [6, 6.07) is 8.11. The fraction of sp³-hybridized carbons (Fsp3) is 0.231. The van der Waals surface area contributed by atoms with Crippen LogP contribution in [-0.4, -0.2) is 12.0 Å². The number of ketones is 1. The van der Waals surface area contributed by atoms with Gasteiger partial charge in [-0.3, -0.25) is 4.79 Å². The number of carbonyl (C=O) groups excluding carboxylic acids is 1. The van der Waals surface area contributed by atoms with E-state index in [9.17, 15) is 4.79 Å². The summed E-state index contributed by atoms with van der Waals surface area (Å²) in [6.45, 7) is 0. The van der Waals surface area contributed by atoms with Crippen molar-refractivity contribution in [3.05, 3.63) is 34.9 Å². The van der Waals surface area contributed by atoms with Gasteiger partial charge >= 0.3 is 0 Å². The number of fused-ring (bicyclic) bond motifs is 1. The molecule has 0 unspecified atom stereocenters. The second-order valence-electron chi connectivity index (χ2n) is 3.67. The number of hydrogen-bond acceptors (Lipinski definition) is 3. The zero-order chi connectivity index (χ0) is 11.5. The summed E-state index contributed by atoms with van der Waals surface area (Å²) in [4.78, 5) is 12.8. The summed E-state index contributed by atoms with van der Waals surface area (Å²) in [5, 5.41) is 8.49. The molecule has 80 valence electrons. The minimum atomic E-state index is -0.0515. The Labute approximate surface area is 99.0 Å². The van der Waals surface area contributed by atoms with Crippen LogP contribution in [0.4, 0.5) is 0 Å². The van der Waals surface area contributed by atoms with Gasteiger partial charge in [0.2, 0.25) is 0 Å². The Morgan fingerprint density at radius 2 is 2.38 bits per heavy atom. The maximum absolute atomic E-state index is 11.6. The summed E-state index contributed by atoms with van der Waals surface area (Å²) in [5.41, 5.74) is 3.06. The van der Waals surface area contributed by atoms with Gasteiger partial charge in [0, 0.05) is 16.9 Å². The normalized spacial score (nSPS) is 12.9. The van der Waals surface area contributed by atoms with E-state index in [1.807, 2.05) is 18.4 Å². The summed E-state index contributed by atoms with van der Waals surface area (Å²) >= 11 is 1.69. The molecule has 0 radical (unpaired) electrons. The second kappa shape index (κ2) is 4.54. The second-order valence-corrected chi connectivity index (χ2v) is 4.55. The third-order valence-electron chi connectivity index (χ3n) is 2.66. The summed E-state index contributed by atoms with van der Waals surface area (Å²) in [5.74, 6) is -0.0515. The Morgan fingerprint density at radius 1 is 1.56 bits per heavy atom. The van der Waals surface area contributed by atoms with Crippen molar-refractivity contribution in [2.75, 3.05) is 6.26 Å². The highest BCUT2D eigenvalue weighted by atomic mass is 32.2. The van der Waals surface area contributed by atoms with Gasteiger partial charge in [-0.05, 0) is 35.6 Å². The van der Waals surface area contributed by atoms with Crippen LogP contribution in [0.2, 0.25) is 0 Å². The summed E-state index contributed by atoms with van der Waals surface area (Å²) < 4.78 is 0. The molecule has 1 aliphatic carbocycles. The lowest BCUT2D eigenvalue weighted by Crippen LogP contribution is -2.00. The first-order chi connectivity index (χ1) is 7.74. The molecule has 1 aliphatic rings. The van der Waals surface area contributed by atoms with E-state index in [0.29, 0.717) is 6.42 Å². The van der Waals surface area contributed by atoms with Crippen LogP contribution in [0.1, 0.15) is 17.5 Å². The van der Waals surface area contributed by atoms with E-state index in [1.165, 1.54) is 10.5 Å². The minimum Gasteiger partial charge on any atom is -0.293 e. The molecule has 0 bridgehead atoms. The number of thioether (sulfide) groups is 1. The highest BCUT2D eigenvalue weighted by Crippen LogP contribution is 2.29. The Bertz CT molecular complexity index is 511. The van der Waals surface area contributed by atoms with Crippen molar-refractivity contribution in [3.63, 3.8) is 0 Å². The topological polar surface area (TPSA) is 40.9 Å². The molecule has 2 rings (SSSR count). The van der Waals surface area contributed by atoms with Crippen molar-refractivity contribution >= 4 is 23.6 Å². The molecule has 0 saturated heterocycles. The fourth-order valence-electron chi connectivity index (χ4n) is 1.80. The highest BCUT2D eigenvalue weighted by Gasteiger charge is 2.18. The van der Waals surface area contributed by atoms with Gasteiger partial charge in [0.25, 0.3) is 0 Å². The Balaban J connectivity index is 2.27. The number of nitrogens with zero attached hydrogens (tertiary/aromatic N) is 1. The molecule has 0 atom stereocenters. The van der Waals surface area contributed by atoms with Crippen LogP contribution < -0.4 is 0 Å². The number of carbonyl (C=O) groups is 1. The van der Waals surface area contributed by atoms with Gasteiger partial charge in [-0.25, -0.2) is 0 Å². The van der Waals surface area contributed by atoms with Crippen molar-refractivity contribution in [2.45, 2.75) is 17.7 Å². The lowest BCUT2D eigenvalue weighted by molar-refractivity contribution is -0.114. The lowest BCUT2D eigenvalue weighted by atomic mass is 10.1. The predicted octanol–water partition coefficient (Wildman–Crippen LogP) is 2.83. The number of allylic oxidation sites excluding steroid dienone is 1. The van der Waals surface area contributed by atoms with Gasteiger partial charge < -0.3 is 0 Å². The lowest BCUT2D eigenvalue weighted by Gasteiger charge is -2.00. The number of benzene rings is 1.